The Balaban J connectivity index is 1.69. The molecule has 3 aromatic carbocycles. The van der Waals surface area contributed by atoms with Gasteiger partial charge in [0.05, 0.1) is 17.2 Å². The lowest BCUT2D eigenvalue weighted by Crippen LogP contribution is -2.54. The van der Waals surface area contributed by atoms with Gasteiger partial charge in [0, 0.05) is 12.6 Å². The Bertz CT molecular complexity index is 1490. The number of aryl methyl sites for hydroxylation is 1. The molecule has 0 saturated heterocycles. The van der Waals surface area contributed by atoms with E-state index in [0.29, 0.717) is 18.8 Å². The van der Waals surface area contributed by atoms with E-state index < -0.39 is 34.3 Å². The summed E-state index contributed by atoms with van der Waals surface area (Å²) in [7, 11) is -4.27. The highest BCUT2D eigenvalue weighted by atomic mass is 32.2. The number of nitrogens with one attached hydrogen (secondary N) is 1. The van der Waals surface area contributed by atoms with Gasteiger partial charge < -0.3 is 15.0 Å². The third kappa shape index (κ3) is 8.37. The van der Waals surface area contributed by atoms with Crippen molar-refractivity contribution in [1.82, 2.24) is 10.2 Å². The van der Waals surface area contributed by atoms with Crippen molar-refractivity contribution in [3.8, 4) is 5.75 Å². The fourth-order valence-electron chi connectivity index (χ4n) is 5.49. The van der Waals surface area contributed by atoms with Gasteiger partial charge in [0.25, 0.3) is 10.0 Å². The number of carbonyl (C=O) groups is 2. The molecule has 10 heteroatoms. The van der Waals surface area contributed by atoms with Crippen LogP contribution in [0.15, 0.2) is 77.7 Å². The zero-order valence-electron chi connectivity index (χ0n) is 25.7. The van der Waals surface area contributed by atoms with Crippen LogP contribution in [0.4, 0.5) is 10.1 Å². The van der Waals surface area contributed by atoms with Crippen LogP contribution in [0, 0.1) is 12.7 Å². The predicted octanol–water partition coefficient (Wildman–Crippen LogP) is 5.98. The summed E-state index contributed by atoms with van der Waals surface area (Å²) in [5.74, 6) is -0.822. The van der Waals surface area contributed by atoms with E-state index in [1.165, 1.54) is 29.2 Å². The Labute approximate surface area is 260 Å². The zero-order valence-corrected chi connectivity index (χ0v) is 26.5. The lowest BCUT2D eigenvalue weighted by molar-refractivity contribution is -0.140. The first-order valence-corrected chi connectivity index (χ1v) is 16.7. The number of ether oxygens (including phenoxy) is 1. The van der Waals surface area contributed by atoms with Crippen LogP contribution < -0.4 is 14.4 Å². The van der Waals surface area contributed by atoms with Crippen LogP contribution in [0.1, 0.15) is 63.5 Å². The van der Waals surface area contributed by atoms with Crippen LogP contribution >= 0.6 is 0 Å². The zero-order chi connectivity index (χ0) is 31.7. The molecule has 236 valence electrons. The molecule has 8 nitrogen and oxygen atoms in total. The van der Waals surface area contributed by atoms with Crippen molar-refractivity contribution in [2.75, 3.05) is 17.5 Å². The molecule has 0 bridgehead atoms. The van der Waals surface area contributed by atoms with Gasteiger partial charge in [-0.2, -0.15) is 0 Å². The minimum atomic E-state index is -4.27. The van der Waals surface area contributed by atoms with Crippen molar-refractivity contribution in [2.45, 2.75) is 82.8 Å². The first-order valence-electron chi connectivity index (χ1n) is 15.3. The number of amides is 2. The number of rotatable bonds is 13. The van der Waals surface area contributed by atoms with Crippen LogP contribution in [-0.2, 0) is 26.2 Å². The quantitative estimate of drug-likeness (QED) is 0.253. The number of nitrogens with zero attached hydrogens (tertiary/aromatic N) is 2. The van der Waals surface area contributed by atoms with Crippen LogP contribution in [0.25, 0.3) is 0 Å². The van der Waals surface area contributed by atoms with Crippen LogP contribution in [0.2, 0.25) is 0 Å². The van der Waals surface area contributed by atoms with E-state index in [2.05, 4.69) is 5.32 Å². The van der Waals surface area contributed by atoms with Crippen LogP contribution in [-0.4, -0.2) is 50.4 Å². The average molecular weight is 624 g/mol. The SMILES string of the molecule is CCOc1ccc(S(=O)(=O)N(CC(=O)N(Cc2ccc(C)cc2)[C@H](CC)C(=O)NC2CCCCC2)c2ccc(F)cc2)cc1. The first-order chi connectivity index (χ1) is 21.1. The summed E-state index contributed by atoms with van der Waals surface area (Å²) in [4.78, 5) is 29.3. The highest BCUT2D eigenvalue weighted by Gasteiger charge is 2.34. The van der Waals surface area contributed by atoms with Gasteiger partial charge in [-0.25, -0.2) is 12.8 Å². The predicted molar refractivity (Wildman–Crippen MR) is 169 cm³/mol. The van der Waals surface area contributed by atoms with Gasteiger partial charge in [0.2, 0.25) is 11.8 Å². The molecule has 1 aliphatic rings. The Morgan fingerprint density at radius 2 is 1.57 bits per heavy atom. The molecule has 0 unspecified atom stereocenters. The summed E-state index contributed by atoms with van der Waals surface area (Å²) in [6.07, 6.45) is 5.37. The molecule has 1 aliphatic carbocycles. The third-order valence-electron chi connectivity index (χ3n) is 7.93. The number of sulfonamides is 1. The minimum absolute atomic E-state index is 0.0507. The first kappa shape index (κ1) is 33.0. The van der Waals surface area contributed by atoms with Gasteiger partial charge in [-0.15, -0.1) is 0 Å². The van der Waals surface area contributed by atoms with Crippen molar-refractivity contribution in [1.29, 1.82) is 0 Å². The van der Waals surface area contributed by atoms with Crippen molar-refractivity contribution in [3.63, 3.8) is 0 Å². The summed E-state index contributed by atoms with van der Waals surface area (Å²) >= 11 is 0. The van der Waals surface area contributed by atoms with Crippen molar-refractivity contribution in [2.24, 2.45) is 0 Å². The van der Waals surface area contributed by atoms with Gasteiger partial charge in [0.15, 0.2) is 0 Å². The molecule has 0 aromatic heterocycles. The second-order valence-electron chi connectivity index (χ2n) is 11.2. The number of hydrogen-bond acceptors (Lipinski definition) is 5. The van der Waals surface area contributed by atoms with E-state index in [4.69, 9.17) is 4.74 Å². The number of benzene rings is 3. The summed E-state index contributed by atoms with van der Waals surface area (Å²) < 4.78 is 48.3. The Morgan fingerprint density at radius 3 is 2.16 bits per heavy atom. The molecule has 44 heavy (non-hydrogen) atoms. The number of halogens is 1. The van der Waals surface area contributed by atoms with Gasteiger partial charge in [-0.3, -0.25) is 13.9 Å². The Hall–Kier alpha value is -3.92. The summed E-state index contributed by atoms with van der Waals surface area (Å²) in [6.45, 7) is 5.59. The molecule has 4 rings (SSSR count). The molecule has 0 heterocycles. The van der Waals surface area contributed by atoms with Gasteiger partial charge >= 0.3 is 0 Å². The monoisotopic (exact) mass is 623 g/mol. The molecular formula is C34H42FN3O5S. The van der Waals surface area contributed by atoms with Gasteiger partial charge in [-0.1, -0.05) is 56.0 Å². The topological polar surface area (TPSA) is 96.0 Å². The van der Waals surface area contributed by atoms with E-state index in [-0.39, 0.29) is 29.1 Å². The van der Waals surface area contributed by atoms with Crippen LogP contribution in [0.3, 0.4) is 0 Å². The molecule has 1 saturated carbocycles. The standard InChI is InChI=1S/C34H42FN3O5S/c1-4-32(34(40)36-28-9-7-6-8-10-28)37(23-26-13-11-25(3)12-14-26)33(39)24-38(29-17-15-27(35)16-18-29)44(41,42)31-21-19-30(20-22-31)43-5-2/h11-22,28,32H,4-10,23-24H2,1-3H3,(H,36,40)/t32-/m1/s1. The van der Waals surface area contributed by atoms with E-state index in [0.717, 1.165) is 59.7 Å². The Kier molecular flexibility index (Phi) is 11.4. The number of hydrogen-bond donors (Lipinski definition) is 1. The molecule has 0 aliphatic heterocycles. The summed E-state index contributed by atoms with van der Waals surface area (Å²) in [5.41, 5.74) is 2.00. The fourth-order valence-corrected chi connectivity index (χ4v) is 6.91. The van der Waals surface area contributed by atoms with Gasteiger partial charge in [0.1, 0.15) is 24.2 Å². The molecule has 0 radical (unpaired) electrons. The normalized spacial score (nSPS) is 14.5. The highest BCUT2D eigenvalue weighted by Crippen LogP contribution is 2.27. The molecule has 1 atom stereocenters. The molecule has 3 aromatic rings. The lowest BCUT2D eigenvalue weighted by Gasteiger charge is -2.34. The maximum absolute atomic E-state index is 14.2. The van der Waals surface area contributed by atoms with Crippen molar-refractivity contribution >= 4 is 27.5 Å². The number of carbonyl (C=O) groups excluding carboxylic acids is 2. The van der Waals surface area contributed by atoms with Gasteiger partial charge in [-0.05, 0) is 87.2 Å². The van der Waals surface area contributed by atoms with Crippen molar-refractivity contribution < 1.29 is 27.1 Å². The summed E-state index contributed by atoms with van der Waals surface area (Å²) in [6, 6.07) is 17.8. The second kappa shape index (κ2) is 15.2. The largest absolute Gasteiger partial charge is 0.494 e. The molecule has 1 fully saturated rings. The highest BCUT2D eigenvalue weighted by molar-refractivity contribution is 7.92. The Morgan fingerprint density at radius 1 is 0.932 bits per heavy atom. The maximum atomic E-state index is 14.2. The van der Waals surface area contributed by atoms with Crippen molar-refractivity contribution in [3.05, 3.63) is 89.7 Å². The maximum Gasteiger partial charge on any atom is 0.264 e. The van der Waals surface area contributed by atoms with E-state index in [1.807, 2.05) is 45.0 Å². The average Bonchev–Trinajstić information content (AvgIpc) is 3.02. The molecule has 2 amide bonds. The third-order valence-corrected chi connectivity index (χ3v) is 9.72. The van der Waals surface area contributed by atoms with E-state index in [9.17, 15) is 22.4 Å². The second-order valence-corrected chi connectivity index (χ2v) is 13.0. The summed E-state index contributed by atoms with van der Waals surface area (Å²) in [5, 5.41) is 3.14. The van der Waals surface area contributed by atoms with E-state index >= 15 is 0 Å². The smallest absolute Gasteiger partial charge is 0.264 e. The van der Waals surface area contributed by atoms with Crippen LogP contribution in [0.5, 0.6) is 5.75 Å². The molecule has 1 N–H and O–H groups in total. The molecule has 0 spiro atoms. The number of anilines is 1. The molecular weight excluding hydrogens is 581 g/mol. The minimum Gasteiger partial charge on any atom is -0.494 e. The lowest BCUT2D eigenvalue weighted by atomic mass is 9.95. The fraction of sp³-hybridized carbons (Fsp3) is 0.412. The van der Waals surface area contributed by atoms with E-state index in [1.54, 1.807) is 12.1 Å².